The van der Waals surface area contributed by atoms with Gasteiger partial charge in [0, 0.05) is 6.04 Å². The molecule has 1 amide bonds. The average Bonchev–Trinajstić information content (AvgIpc) is 2.68. The molecule has 148 valence electrons. The quantitative estimate of drug-likeness (QED) is 0.666. The van der Waals surface area contributed by atoms with Crippen LogP contribution in [0.5, 0.6) is 0 Å². The lowest BCUT2D eigenvalue weighted by Crippen LogP contribution is -3.28. The summed E-state index contributed by atoms with van der Waals surface area (Å²) in [5.74, 6) is 1.59. The lowest BCUT2D eigenvalue weighted by atomic mass is 9.78. The predicted octanol–water partition coefficient (Wildman–Crippen LogP) is 0.424. The highest BCUT2D eigenvalue weighted by Gasteiger charge is 2.30. The Morgan fingerprint density at radius 3 is 2.52 bits per heavy atom. The molecular weight excluding hydrogens is 334 g/mol. The Morgan fingerprint density at radius 2 is 1.78 bits per heavy atom. The van der Waals surface area contributed by atoms with Gasteiger partial charge in [0.25, 0.3) is 5.91 Å². The van der Waals surface area contributed by atoms with Crippen LogP contribution in [0.2, 0.25) is 0 Å². The van der Waals surface area contributed by atoms with E-state index in [0.29, 0.717) is 18.5 Å². The molecule has 27 heavy (non-hydrogen) atoms. The second kappa shape index (κ2) is 10.0. The third-order valence-electron chi connectivity index (χ3n) is 6.64. The third-order valence-corrected chi connectivity index (χ3v) is 6.64. The van der Waals surface area contributed by atoms with Crippen LogP contribution in [-0.4, -0.2) is 51.2 Å². The molecule has 3 N–H and O–H groups in total. The van der Waals surface area contributed by atoms with Crippen molar-refractivity contribution >= 4 is 12.0 Å². The van der Waals surface area contributed by atoms with Crippen molar-refractivity contribution < 1.29 is 14.6 Å². The number of rotatable bonds is 6. The summed E-state index contributed by atoms with van der Waals surface area (Å²) in [4.78, 5) is 15.6. The highest BCUT2D eigenvalue weighted by Crippen LogP contribution is 2.29. The van der Waals surface area contributed by atoms with Gasteiger partial charge in [-0.15, -0.1) is 0 Å². The van der Waals surface area contributed by atoms with Gasteiger partial charge in [0.1, 0.15) is 26.2 Å². The average molecular weight is 372 g/mol. The summed E-state index contributed by atoms with van der Waals surface area (Å²) in [6.07, 6.45) is 8.21. The van der Waals surface area contributed by atoms with Gasteiger partial charge < -0.3 is 15.1 Å². The summed E-state index contributed by atoms with van der Waals surface area (Å²) >= 11 is 0. The van der Waals surface area contributed by atoms with Gasteiger partial charge in [-0.05, 0) is 29.9 Å². The van der Waals surface area contributed by atoms with E-state index in [1.807, 2.05) is 0 Å². The number of hydrogen-bond acceptors (Lipinski definition) is 1. The molecule has 1 aliphatic heterocycles. The van der Waals surface area contributed by atoms with Crippen LogP contribution in [0.15, 0.2) is 36.4 Å². The third kappa shape index (κ3) is 6.18. The first-order valence-corrected chi connectivity index (χ1v) is 10.8. The fourth-order valence-corrected chi connectivity index (χ4v) is 4.53. The first-order chi connectivity index (χ1) is 13.1. The normalized spacial score (nSPS) is 31.7. The number of quaternary nitrogens is 2. The zero-order valence-electron chi connectivity index (χ0n) is 17.0. The number of hydrogen-bond donors (Lipinski definition) is 3. The number of amides is 1. The second-order valence-electron chi connectivity index (χ2n) is 8.64. The van der Waals surface area contributed by atoms with E-state index in [1.165, 1.54) is 23.3 Å². The Labute approximate surface area is 164 Å². The van der Waals surface area contributed by atoms with Crippen molar-refractivity contribution in [2.45, 2.75) is 39.2 Å². The van der Waals surface area contributed by atoms with E-state index in [-0.39, 0.29) is 5.91 Å². The Morgan fingerprint density at radius 1 is 1.07 bits per heavy atom. The van der Waals surface area contributed by atoms with Crippen LogP contribution in [0.1, 0.15) is 38.7 Å². The standard InChI is InChI=1S/C23H35N3O/c1-19-8-6-12-22(20(19)2)24-23(27)18-26-16-14-25(15-17-26)13-7-11-21-9-4-3-5-10-21/h3-5,7,9-11,19-20,22H,6,8,12-18H2,1-2H3,(H,24,27)/p+2/b11-7+/t19-,20+,22+/m0/s1. The molecule has 0 spiro atoms. The number of carbonyl (C=O) groups excluding carboxylic acids is 1. The highest BCUT2D eigenvalue weighted by molar-refractivity contribution is 5.77. The van der Waals surface area contributed by atoms with Crippen molar-refractivity contribution in [3.8, 4) is 0 Å². The van der Waals surface area contributed by atoms with Gasteiger partial charge in [0.05, 0.1) is 6.54 Å². The SMILES string of the molecule is C[C@@H]1[C@@H](C)CCC[C@H]1NC(=O)C[NH+]1CC[NH+](C/C=C/c2ccccc2)CC1. The molecule has 0 aromatic heterocycles. The molecular formula is C23H37N3O+2. The minimum atomic E-state index is 0.253. The van der Waals surface area contributed by atoms with Crippen LogP contribution < -0.4 is 15.1 Å². The zero-order valence-corrected chi connectivity index (χ0v) is 17.0. The summed E-state index contributed by atoms with van der Waals surface area (Å²) in [5, 5.41) is 3.33. The molecule has 1 aromatic carbocycles. The van der Waals surface area contributed by atoms with Crippen LogP contribution in [-0.2, 0) is 4.79 Å². The van der Waals surface area contributed by atoms with E-state index in [9.17, 15) is 4.79 Å². The van der Waals surface area contributed by atoms with Crippen molar-refractivity contribution in [1.82, 2.24) is 5.32 Å². The molecule has 4 nitrogen and oxygen atoms in total. The first-order valence-electron chi connectivity index (χ1n) is 10.8. The van der Waals surface area contributed by atoms with Crippen LogP contribution in [0.4, 0.5) is 0 Å². The van der Waals surface area contributed by atoms with Gasteiger partial charge in [-0.3, -0.25) is 4.79 Å². The minimum Gasteiger partial charge on any atom is -0.348 e. The van der Waals surface area contributed by atoms with Gasteiger partial charge in [-0.25, -0.2) is 0 Å². The van der Waals surface area contributed by atoms with E-state index in [4.69, 9.17) is 0 Å². The maximum Gasteiger partial charge on any atom is 0.275 e. The van der Waals surface area contributed by atoms with E-state index in [0.717, 1.165) is 45.1 Å². The molecule has 2 fully saturated rings. The molecule has 1 aliphatic carbocycles. The monoisotopic (exact) mass is 371 g/mol. The molecule has 1 saturated heterocycles. The molecule has 0 bridgehead atoms. The zero-order chi connectivity index (χ0) is 19.1. The largest absolute Gasteiger partial charge is 0.348 e. The van der Waals surface area contributed by atoms with Gasteiger partial charge in [0.2, 0.25) is 0 Å². The highest BCUT2D eigenvalue weighted by atomic mass is 16.2. The van der Waals surface area contributed by atoms with Gasteiger partial charge in [0.15, 0.2) is 6.54 Å². The molecule has 3 rings (SSSR count). The van der Waals surface area contributed by atoms with Crippen LogP contribution in [0, 0.1) is 11.8 Å². The molecule has 2 aliphatic rings. The molecule has 4 heteroatoms. The minimum absolute atomic E-state index is 0.253. The maximum atomic E-state index is 12.5. The molecule has 0 unspecified atom stereocenters. The summed E-state index contributed by atoms with van der Waals surface area (Å²) in [7, 11) is 0. The number of carbonyl (C=O) groups is 1. The molecule has 0 radical (unpaired) electrons. The van der Waals surface area contributed by atoms with Crippen molar-refractivity contribution in [1.29, 1.82) is 0 Å². The lowest BCUT2D eigenvalue weighted by molar-refractivity contribution is -1.01. The second-order valence-corrected chi connectivity index (χ2v) is 8.64. The van der Waals surface area contributed by atoms with E-state index >= 15 is 0 Å². The van der Waals surface area contributed by atoms with E-state index < -0.39 is 0 Å². The summed E-state index contributed by atoms with van der Waals surface area (Å²) in [5.41, 5.74) is 1.27. The maximum absolute atomic E-state index is 12.5. The van der Waals surface area contributed by atoms with Gasteiger partial charge in [-0.2, -0.15) is 0 Å². The fourth-order valence-electron chi connectivity index (χ4n) is 4.53. The summed E-state index contributed by atoms with van der Waals surface area (Å²) in [6.45, 7) is 10.8. The predicted molar refractivity (Wildman–Crippen MR) is 111 cm³/mol. The number of piperazine rings is 1. The van der Waals surface area contributed by atoms with Crippen LogP contribution in [0.3, 0.4) is 0 Å². The summed E-state index contributed by atoms with van der Waals surface area (Å²) in [6, 6.07) is 10.9. The Hall–Kier alpha value is -1.65. The van der Waals surface area contributed by atoms with E-state index in [2.05, 4.69) is 61.6 Å². The van der Waals surface area contributed by atoms with Crippen molar-refractivity contribution in [2.75, 3.05) is 39.3 Å². The summed E-state index contributed by atoms with van der Waals surface area (Å²) < 4.78 is 0. The lowest BCUT2D eigenvalue weighted by Gasteiger charge is -2.35. The van der Waals surface area contributed by atoms with Crippen LogP contribution in [0.25, 0.3) is 6.08 Å². The number of nitrogens with one attached hydrogen (secondary N) is 3. The Bertz CT molecular complexity index is 607. The van der Waals surface area contributed by atoms with Crippen LogP contribution >= 0.6 is 0 Å². The topological polar surface area (TPSA) is 38.0 Å². The van der Waals surface area contributed by atoms with Crippen molar-refractivity contribution in [3.63, 3.8) is 0 Å². The Kier molecular flexibility index (Phi) is 7.48. The van der Waals surface area contributed by atoms with Crippen molar-refractivity contribution in [2.24, 2.45) is 11.8 Å². The van der Waals surface area contributed by atoms with Crippen molar-refractivity contribution in [3.05, 3.63) is 42.0 Å². The molecule has 1 aromatic rings. The van der Waals surface area contributed by atoms with Gasteiger partial charge >= 0.3 is 0 Å². The first kappa shape index (κ1) is 20.1. The fraction of sp³-hybridized carbons (Fsp3) is 0.609. The smallest absolute Gasteiger partial charge is 0.275 e. The Balaban J connectivity index is 1.35. The van der Waals surface area contributed by atoms with Gasteiger partial charge in [-0.1, -0.05) is 63.1 Å². The molecule has 1 saturated carbocycles. The molecule has 3 atom stereocenters. The molecule has 1 heterocycles. The van der Waals surface area contributed by atoms with E-state index in [1.54, 1.807) is 4.90 Å². The number of benzene rings is 1.